The van der Waals surface area contributed by atoms with E-state index >= 15 is 0 Å². The molecule has 0 bridgehead atoms. The summed E-state index contributed by atoms with van der Waals surface area (Å²) in [4.78, 5) is 22.6. The number of aryl methyl sites for hydroxylation is 1. The molecule has 108 valence electrons. The average molecular weight is 304 g/mol. The van der Waals surface area contributed by atoms with Gasteiger partial charge in [-0.1, -0.05) is 23.8 Å². The quantitative estimate of drug-likeness (QED) is 0.905. The van der Waals surface area contributed by atoms with Crippen LogP contribution >= 0.6 is 0 Å². The van der Waals surface area contributed by atoms with Crippen molar-refractivity contribution in [3.8, 4) is 0 Å². The summed E-state index contributed by atoms with van der Waals surface area (Å²) in [5.74, 6) is -2.40. The van der Waals surface area contributed by atoms with Crippen molar-refractivity contribution in [2.45, 2.75) is 16.7 Å². The smallest absolute Gasteiger partial charge is 0.336 e. The minimum atomic E-state index is -1.88. The van der Waals surface area contributed by atoms with Crippen molar-refractivity contribution in [2.24, 2.45) is 0 Å². The van der Waals surface area contributed by atoms with Gasteiger partial charge in [-0.2, -0.15) is 0 Å². The number of hydrogen-bond donors (Lipinski definition) is 2. The highest BCUT2D eigenvalue weighted by molar-refractivity contribution is 7.85. The van der Waals surface area contributed by atoms with Crippen LogP contribution in [0.15, 0.2) is 52.3 Å². The first kappa shape index (κ1) is 14.9. The van der Waals surface area contributed by atoms with Gasteiger partial charge in [0.2, 0.25) is 0 Å². The molecule has 0 amide bonds. The fraction of sp³-hybridized carbons (Fsp3) is 0.0667. The highest BCUT2D eigenvalue weighted by Crippen LogP contribution is 2.24. The lowest BCUT2D eigenvalue weighted by Crippen LogP contribution is -2.08. The molecule has 0 saturated carbocycles. The Morgan fingerprint density at radius 2 is 1.48 bits per heavy atom. The van der Waals surface area contributed by atoms with Crippen molar-refractivity contribution in [2.75, 3.05) is 0 Å². The highest BCUT2D eigenvalue weighted by Gasteiger charge is 2.21. The van der Waals surface area contributed by atoms with Crippen molar-refractivity contribution in [1.29, 1.82) is 0 Å². The zero-order valence-corrected chi connectivity index (χ0v) is 11.9. The molecule has 0 heterocycles. The molecule has 2 aromatic rings. The van der Waals surface area contributed by atoms with Gasteiger partial charge in [0.1, 0.15) is 0 Å². The second-order valence-electron chi connectivity index (χ2n) is 4.37. The van der Waals surface area contributed by atoms with Crippen molar-refractivity contribution in [1.82, 2.24) is 0 Å². The number of hydrogen-bond acceptors (Lipinski definition) is 3. The van der Waals surface area contributed by atoms with Gasteiger partial charge in [0.05, 0.1) is 31.7 Å². The molecule has 1 atom stereocenters. The number of rotatable bonds is 4. The Morgan fingerprint density at radius 1 is 0.905 bits per heavy atom. The van der Waals surface area contributed by atoms with Gasteiger partial charge in [-0.3, -0.25) is 0 Å². The molecule has 0 radical (unpaired) electrons. The van der Waals surface area contributed by atoms with E-state index in [1.165, 1.54) is 30.3 Å². The van der Waals surface area contributed by atoms with Crippen LogP contribution in [0.25, 0.3) is 0 Å². The second kappa shape index (κ2) is 5.88. The maximum Gasteiger partial charge on any atom is 0.336 e. The van der Waals surface area contributed by atoms with Gasteiger partial charge in [0, 0.05) is 0 Å². The van der Waals surface area contributed by atoms with E-state index in [2.05, 4.69) is 0 Å². The summed E-state index contributed by atoms with van der Waals surface area (Å²) in [6.07, 6.45) is 0. The zero-order chi connectivity index (χ0) is 15.6. The molecule has 0 aromatic heterocycles. The van der Waals surface area contributed by atoms with Gasteiger partial charge in [-0.15, -0.1) is 0 Å². The van der Waals surface area contributed by atoms with E-state index < -0.39 is 22.7 Å². The Hall–Kier alpha value is -2.47. The maximum absolute atomic E-state index is 12.6. The third-order valence-corrected chi connectivity index (χ3v) is 4.39. The van der Waals surface area contributed by atoms with Gasteiger partial charge >= 0.3 is 11.9 Å². The summed E-state index contributed by atoms with van der Waals surface area (Å²) in [6.45, 7) is 1.73. The average Bonchev–Trinajstić information content (AvgIpc) is 2.46. The van der Waals surface area contributed by atoms with Gasteiger partial charge in [-0.05, 0) is 31.2 Å². The summed E-state index contributed by atoms with van der Waals surface area (Å²) in [7, 11) is -1.88. The van der Waals surface area contributed by atoms with Crippen LogP contribution < -0.4 is 0 Å². The number of aromatic carboxylic acids is 2. The maximum atomic E-state index is 12.6. The Morgan fingerprint density at radius 3 is 2.10 bits per heavy atom. The number of carboxylic acid groups (broad SMARTS) is 2. The zero-order valence-electron chi connectivity index (χ0n) is 11.1. The van der Waals surface area contributed by atoms with Gasteiger partial charge in [-0.25, -0.2) is 13.8 Å². The molecular formula is C15H12O5S. The van der Waals surface area contributed by atoms with Crippen LogP contribution in [0.3, 0.4) is 0 Å². The summed E-state index contributed by atoms with van der Waals surface area (Å²) in [5, 5.41) is 18.3. The van der Waals surface area contributed by atoms with E-state index in [1.807, 2.05) is 0 Å². The van der Waals surface area contributed by atoms with Gasteiger partial charge in [0.15, 0.2) is 0 Å². The summed E-state index contributed by atoms with van der Waals surface area (Å²) >= 11 is 0. The third-order valence-electron chi connectivity index (χ3n) is 2.88. The van der Waals surface area contributed by atoms with E-state index in [1.54, 1.807) is 19.1 Å². The predicted octanol–water partition coefficient (Wildman–Crippen LogP) is 2.56. The molecular weight excluding hydrogens is 292 g/mol. The standard InChI is InChI=1S/C15H12O5S/c1-9-6-7-13(11(8-9)15(18)19)21(20)12-5-3-2-4-10(12)14(16)17/h2-8H,1H3,(H,16,17)(H,18,19). The number of benzene rings is 2. The van der Waals surface area contributed by atoms with Crippen LogP contribution in [0, 0.1) is 6.92 Å². The summed E-state index contributed by atoms with van der Waals surface area (Å²) in [5.41, 5.74) is 0.529. The first-order valence-corrected chi connectivity index (χ1v) is 7.15. The van der Waals surface area contributed by atoms with Crippen molar-refractivity contribution >= 4 is 22.7 Å². The Kier molecular flexibility index (Phi) is 4.18. The monoisotopic (exact) mass is 304 g/mol. The van der Waals surface area contributed by atoms with Crippen LogP contribution in [-0.2, 0) is 10.8 Å². The van der Waals surface area contributed by atoms with Crippen molar-refractivity contribution < 1.29 is 24.0 Å². The van der Waals surface area contributed by atoms with E-state index in [-0.39, 0.29) is 20.9 Å². The van der Waals surface area contributed by atoms with Crippen LogP contribution in [-0.4, -0.2) is 26.4 Å². The number of carbonyl (C=O) groups is 2. The first-order chi connectivity index (χ1) is 9.91. The lowest BCUT2D eigenvalue weighted by atomic mass is 10.1. The predicted molar refractivity (Wildman–Crippen MR) is 76.2 cm³/mol. The Bertz CT molecular complexity index is 751. The van der Waals surface area contributed by atoms with E-state index in [0.29, 0.717) is 0 Å². The Balaban J connectivity index is 2.61. The second-order valence-corrected chi connectivity index (χ2v) is 5.79. The first-order valence-electron chi connectivity index (χ1n) is 6.00. The highest BCUT2D eigenvalue weighted by atomic mass is 32.2. The number of carboxylic acids is 2. The molecule has 6 heteroatoms. The SMILES string of the molecule is Cc1ccc(S(=O)c2ccccc2C(=O)O)c(C(=O)O)c1. The normalized spacial score (nSPS) is 11.9. The third kappa shape index (κ3) is 3.00. The molecule has 0 aliphatic rings. The summed E-state index contributed by atoms with van der Waals surface area (Å²) in [6, 6.07) is 10.4. The van der Waals surface area contributed by atoms with Crippen molar-refractivity contribution in [3.05, 3.63) is 59.2 Å². The van der Waals surface area contributed by atoms with Crippen LogP contribution in [0.2, 0.25) is 0 Å². The van der Waals surface area contributed by atoms with Gasteiger partial charge < -0.3 is 10.2 Å². The summed E-state index contributed by atoms with van der Waals surface area (Å²) < 4.78 is 12.6. The van der Waals surface area contributed by atoms with Crippen LogP contribution in [0.1, 0.15) is 26.3 Å². The Labute approximate surface area is 123 Å². The lowest BCUT2D eigenvalue weighted by Gasteiger charge is -2.09. The molecule has 1 unspecified atom stereocenters. The molecule has 0 aliphatic heterocycles. The largest absolute Gasteiger partial charge is 0.478 e. The fourth-order valence-electron chi connectivity index (χ4n) is 1.90. The van der Waals surface area contributed by atoms with E-state index in [9.17, 15) is 18.9 Å². The minimum Gasteiger partial charge on any atom is -0.478 e. The molecule has 21 heavy (non-hydrogen) atoms. The fourth-order valence-corrected chi connectivity index (χ4v) is 3.23. The van der Waals surface area contributed by atoms with Crippen LogP contribution in [0.5, 0.6) is 0 Å². The molecule has 2 rings (SSSR count). The van der Waals surface area contributed by atoms with Gasteiger partial charge in [0.25, 0.3) is 0 Å². The molecule has 2 aromatic carbocycles. The molecule has 2 N–H and O–H groups in total. The molecule has 0 aliphatic carbocycles. The molecule has 0 fully saturated rings. The molecule has 5 nitrogen and oxygen atoms in total. The van der Waals surface area contributed by atoms with Crippen LogP contribution in [0.4, 0.5) is 0 Å². The van der Waals surface area contributed by atoms with Crippen molar-refractivity contribution in [3.63, 3.8) is 0 Å². The van der Waals surface area contributed by atoms with E-state index in [0.717, 1.165) is 5.56 Å². The topological polar surface area (TPSA) is 91.7 Å². The minimum absolute atomic E-state index is 0.0800. The molecule has 0 spiro atoms. The lowest BCUT2D eigenvalue weighted by molar-refractivity contribution is 0.0683. The molecule has 0 saturated heterocycles. The van der Waals surface area contributed by atoms with E-state index in [4.69, 9.17) is 5.11 Å².